The molecule has 3 heterocycles. The molecule has 2 aromatic heterocycles. The molecule has 0 unspecified atom stereocenters. The van der Waals surface area contributed by atoms with Gasteiger partial charge in [0, 0.05) is 42.0 Å². The van der Waals surface area contributed by atoms with Gasteiger partial charge in [-0.3, -0.25) is 5.32 Å². The van der Waals surface area contributed by atoms with E-state index in [-0.39, 0.29) is 17.6 Å². The molecule has 4 N–H and O–H groups in total. The third kappa shape index (κ3) is 4.61. The summed E-state index contributed by atoms with van der Waals surface area (Å²) in [6.07, 6.45) is 2.10. The first-order valence-corrected chi connectivity index (χ1v) is 10.6. The number of pyridine rings is 2. The number of likely N-dealkylation sites (N-methyl/N-ethyl adjacent to an activating group) is 1. The van der Waals surface area contributed by atoms with Gasteiger partial charge in [-0.05, 0) is 51.0 Å². The number of nitrogens with one attached hydrogen (secondary N) is 2. The van der Waals surface area contributed by atoms with Gasteiger partial charge in [-0.15, -0.1) is 0 Å². The number of ether oxygens (including phenoxy) is 2. The van der Waals surface area contributed by atoms with E-state index in [1.165, 1.54) is 6.20 Å². The zero-order valence-corrected chi connectivity index (χ0v) is 19.0. The number of benzene rings is 1. The lowest BCUT2D eigenvalue weighted by Gasteiger charge is -2.22. The minimum atomic E-state index is -0.618. The number of nitrogens with two attached hydrogens (primary N) is 1. The van der Waals surface area contributed by atoms with Crippen molar-refractivity contribution < 1.29 is 18.7 Å². The maximum Gasteiger partial charge on any atom is 0.413 e. The fourth-order valence-corrected chi connectivity index (χ4v) is 3.92. The van der Waals surface area contributed by atoms with Crippen molar-refractivity contribution in [3.8, 4) is 17.0 Å². The summed E-state index contributed by atoms with van der Waals surface area (Å²) in [5.74, 6) is 0.217. The summed E-state index contributed by atoms with van der Waals surface area (Å²) in [4.78, 5) is 22.7. The summed E-state index contributed by atoms with van der Waals surface area (Å²) in [7, 11) is 3.79. The standard InChI is InChI=1S/C23H27FN6O3/c1-12(11-30(3)4)33-23(31)29-18-8-14-7-15(19(24)20(25)17(14)10-27-18)16-9-28-22-21(13(16)2)26-5-6-32-22/h7-10,12,26H,5-6,11,25H2,1-4H3,(H,27,29,31)/t12-/m0/s1. The van der Waals surface area contributed by atoms with Crippen molar-refractivity contribution in [1.29, 1.82) is 0 Å². The van der Waals surface area contributed by atoms with Gasteiger partial charge in [0.15, 0.2) is 5.82 Å². The minimum absolute atomic E-state index is 0.0231. The molecule has 0 spiro atoms. The number of carbonyl (C=O) groups is 1. The molecular formula is C23H27FN6O3. The number of halogens is 1. The zero-order chi connectivity index (χ0) is 23.7. The molecule has 3 aromatic rings. The summed E-state index contributed by atoms with van der Waals surface area (Å²) in [5, 5.41) is 6.94. The van der Waals surface area contributed by atoms with Gasteiger partial charge in [0.1, 0.15) is 24.2 Å². The molecule has 174 valence electrons. The van der Waals surface area contributed by atoms with Crippen molar-refractivity contribution in [2.24, 2.45) is 0 Å². The molecule has 1 aliphatic heterocycles. The molecule has 0 radical (unpaired) electrons. The Morgan fingerprint density at radius 3 is 2.88 bits per heavy atom. The first-order valence-electron chi connectivity index (χ1n) is 10.6. The van der Waals surface area contributed by atoms with Crippen molar-refractivity contribution in [2.45, 2.75) is 20.0 Å². The molecular weight excluding hydrogens is 427 g/mol. The average molecular weight is 455 g/mol. The zero-order valence-electron chi connectivity index (χ0n) is 19.0. The van der Waals surface area contributed by atoms with Crippen LogP contribution in [0.2, 0.25) is 0 Å². The molecule has 1 aromatic carbocycles. The molecule has 0 bridgehead atoms. The van der Waals surface area contributed by atoms with Crippen LogP contribution in [0.1, 0.15) is 12.5 Å². The van der Waals surface area contributed by atoms with Crippen LogP contribution >= 0.6 is 0 Å². The summed E-state index contributed by atoms with van der Waals surface area (Å²) < 4.78 is 26.2. The summed E-state index contributed by atoms with van der Waals surface area (Å²) in [6.45, 7) is 5.44. The Kier molecular flexibility index (Phi) is 6.19. The lowest BCUT2D eigenvalue weighted by atomic mass is 9.97. The van der Waals surface area contributed by atoms with Crippen molar-refractivity contribution in [2.75, 3.05) is 50.2 Å². The number of fused-ring (bicyclic) bond motifs is 2. The van der Waals surface area contributed by atoms with Crippen molar-refractivity contribution in [1.82, 2.24) is 14.9 Å². The fraction of sp³-hybridized carbons (Fsp3) is 0.348. The number of nitrogens with zero attached hydrogens (tertiary/aromatic N) is 3. The van der Waals surface area contributed by atoms with E-state index < -0.39 is 11.9 Å². The molecule has 10 heteroatoms. The lowest BCUT2D eigenvalue weighted by Crippen LogP contribution is -2.29. The Hall–Kier alpha value is -3.66. The number of carbonyl (C=O) groups excluding carboxylic acids is 1. The van der Waals surface area contributed by atoms with Crippen LogP contribution in [0.25, 0.3) is 21.9 Å². The predicted molar refractivity (Wildman–Crippen MR) is 126 cm³/mol. The monoisotopic (exact) mass is 454 g/mol. The quantitative estimate of drug-likeness (QED) is 0.501. The highest BCUT2D eigenvalue weighted by molar-refractivity contribution is 5.99. The van der Waals surface area contributed by atoms with Crippen LogP contribution in [0.3, 0.4) is 0 Å². The van der Waals surface area contributed by atoms with E-state index in [1.807, 2.05) is 25.9 Å². The second kappa shape index (κ2) is 9.07. The lowest BCUT2D eigenvalue weighted by molar-refractivity contribution is 0.103. The number of hydrogen-bond donors (Lipinski definition) is 3. The molecule has 1 aliphatic rings. The molecule has 0 aliphatic carbocycles. The van der Waals surface area contributed by atoms with E-state index in [0.717, 1.165) is 11.3 Å². The number of hydrogen-bond acceptors (Lipinski definition) is 8. The molecule has 0 saturated heterocycles. The number of anilines is 3. The first-order chi connectivity index (χ1) is 15.7. The Bertz CT molecular complexity index is 1220. The molecule has 0 fully saturated rings. The van der Waals surface area contributed by atoms with Gasteiger partial charge in [-0.25, -0.2) is 19.2 Å². The van der Waals surface area contributed by atoms with Gasteiger partial charge in [0.2, 0.25) is 5.88 Å². The average Bonchev–Trinajstić information content (AvgIpc) is 2.76. The smallest absolute Gasteiger partial charge is 0.413 e. The van der Waals surface area contributed by atoms with E-state index in [4.69, 9.17) is 15.2 Å². The number of aromatic nitrogens is 2. The van der Waals surface area contributed by atoms with Gasteiger partial charge in [0.25, 0.3) is 0 Å². The van der Waals surface area contributed by atoms with Gasteiger partial charge in [0.05, 0.1) is 5.69 Å². The maximum absolute atomic E-state index is 15.3. The summed E-state index contributed by atoms with van der Waals surface area (Å²) in [5.41, 5.74) is 8.54. The van der Waals surface area contributed by atoms with Crippen LogP contribution in [0.5, 0.6) is 5.88 Å². The molecule has 0 saturated carbocycles. The predicted octanol–water partition coefficient (Wildman–Crippen LogP) is 3.63. The Morgan fingerprint density at radius 2 is 2.12 bits per heavy atom. The van der Waals surface area contributed by atoms with E-state index in [0.29, 0.717) is 47.5 Å². The number of amides is 1. The molecule has 9 nitrogen and oxygen atoms in total. The summed E-state index contributed by atoms with van der Waals surface area (Å²) >= 11 is 0. The molecule has 33 heavy (non-hydrogen) atoms. The van der Waals surface area contributed by atoms with Crippen molar-refractivity contribution in [3.05, 3.63) is 35.9 Å². The highest BCUT2D eigenvalue weighted by Gasteiger charge is 2.21. The third-order valence-electron chi connectivity index (χ3n) is 5.40. The second-order valence-corrected chi connectivity index (χ2v) is 8.30. The van der Waals surface area contributed by atoms with Crippen LogP contribution < -0.4 is 21.1 Å². The van der Waals surface area contributed by atoms with Crippen LogP contribution in [0.4, 0.5) is 26.4 Å². The SMILES string of the molecule is Cc1c(-c2cc3cc(NC(=O)O[C@@H](C)CN(C)C)ncc3c(N)c2F)cnc2c1NCCO2. The Labute approximate surface area is 191 Å². The van der Waals surface area contributed by atoms with Crippen LogP contribution in [0.15, 0.2) is 24.5 Å². The molecule has 1 atom stereocenters. The minimum Gasteiger partial charge on any atom is -0.474 e. The van der Waals surface area contributed by atoms with E-state index in [1.54, 1.807) is 25.3 Å². The van der Waals surface area contributed by atoms with E-state index >= 15 is 4.39 Å². The maximum atomic E-state index is 15.3. The van der Waals surface area contributed by atoms with E-state index in [2.05, 4.69) is 20.6 Å². The van der Waals surface area contributed by atoms with Crippen molar-refractivity contribution in [3.63, 3.8) is 0 Å². The normalized spacial score (nSPS) is 13.8. The second-order valence-electron chi connectivity index (χ2n) is 8.30. The van der Waals surface area contributed by atoms with Crippen LogP contribution in [-0.4, -0.2) is 60.9 Å². The topological polar surface area (TPSA) is 115 Å². The molecule has 1 amide bonds. The van der Waals surface area contributed by atoms with Crippen molar-refractivity contribution >= 4 is 34.1 Å². The summed E-state index contributed by atoms with van der Waals surface area (Å²) in [6, 6.07) is 3.31. The van der Waals surface area contributed by atoms with Crippen LogP contribution in [-0.2, 0) is 4.74 Å². The van der Waals surface area contributed by atoms with Gasteiger partial charge in [-0.2, -0.15) is 0 Å². The van der Waals surface area contributed by atoms with E-state index in [9.17, 15) is 4.79 Å². The fourth-order valence-electron chi connectivity index (χ4n) is 3.92. The number of rotatable bonds is 5. The highest BCUT2D eigenvalue weighted by atomic mass is 19.1. The van der Waals surface area contributed by atoms with Gasteiger partial charge >= 0.3 is 6.09 Å². The molecule has 4 rings (SSSR count). The third-order valence-corrected chi connectivity index (χ3v) is 5.40. The van der Waals surface area contributed by atoms with Gasteiger partial charge < -0.3 is 25.4 Å². The first kappa shape index (κ1) is 22.5. The largest absolute Gasteiger partial charge is 0.474 e. The van der Waals surface area contributed by atoms with Gasteiger partial charge in [-0.1, -0.05) is 0 Å². The van der Waals surface area contributed by atoms with Crippen LogP contribution in [0, 0.1) is 12.7 Å². The number of nitrogen functional groups attached to an aromatic ring is 1. The Balaban J connectivity index is 1.67. The highest BCUT2D eigenvalue weighted by Crippen LogP contribution is 2.39. The Morgan fingerprint density at radius 1 is 1.33 bits per heavy atom.